The lowest BCUT2D eigenvalue weighted by molar-refractivity contribution is -0.119. The van der Waals surface area contributed by atoms with Gasteiger partial charge in [-0.05, 0) is 18.6 Å². The summed E-state index contributed by atoms with van der Waals surface area (Å²) < 4.78 is 0. The molecule has 0 bridgehead atoms. The van der Waals surface area contributed by atoms with E-state index in [1.165, 1.54) is 6.20 Å². The summed E-state index contributed by atoms with van der Waals surface area (Å²) in [6.45, 7) is 2.83. The van der Waals surface area contributed by atoms with Crippen LogP contribution in [0.1, 0.15) is 16.9 Å². The predicted molar refractivity (Wildman–Crippen MR) is 85.7 cm³/mol. The minimum absolute atomic E-state index is 0.121. The molecule has 1 aromatic carbocycles. The predicted octanol–water partition coefficient (Wildman–Crippen LogP) is 0.263. The van der Waals surface area contributed by atoms with Crippen LogP contribution in [0.25, 0.3) is 11.0 Å². The van der Waals surface area contributed by atoms with Crippen LogP contribution in [0.15, 0.2) is 30.5 Å². The number of nitrogens with two attached hydrogens (primary N) is 1. The van der Waals surface area contributed by atoms with Gasteiger partial charge in [0.25, 0.3) is 5.91 Å². The number of primary amides is 1. The van der Waals surface area contributed by atoms with E-state index in [-0.39, 0.29) is 18.4 Å². The Morgan fingerprint density at radius 2 is 1.87 bits per heavy atom. The third-order valence-electron chi connectivity index (χ3n) is 3.92. The summed E-state index contributed by atoms with van der Waals surface area (Å²) in [6.07, 6.45) is 2.33. The van der Waals surface area contributed by atoms with Crippen LogP contribution in [-0.4, -0.2) is 64.3 Å². The van der Waals surface area contributed by atoms with Gasteiger partial charge in [-0.15, -0.1) is 0 Å². The molecule has 120 valence electrons. The SMILES string of the molecule is NC(=O)CN1CCCN(C(=O)c2cnc3ccccc3n2)CC1. The van der Waals surface area contributed by atoms with Crippen molar-refractivity contribution in [3.05, 3.63) is 36.2 Å². The number of rotatable bonds is 3. The summed E-state index contributed by atoms with van der Waals surface area (Å²) in [4.78, 5) is 36.1. The molecule has 1 aromatic heterocycles. The molecule has 2 N–H and O–H groups in total. The molecule has 23 heavy (non-hydrogen) atoms. The van der Waals surface area contributed by atoms with E-state index >= 15 is 0 Å². The topological polar surface area (TPSA) is 92.4 Å². The van der Waals surface area contributed by atoms with Crippen molar-refractivity contribution in [2.45, 2.75) is 6.42 Å². The van der Waals surface area contributed by atoms with Gasteiger partial charge in [0.2, 0.25) is 5.91 Å². The maximum Gasteiger partial charge on any atom is 0.274 e. The summed E-state index contributed by atoms with van der Waals surface area (Å²) in [5.41, 5.74) is 7.07. The van der Waals surface area contributed by atoms with E-state index in [0.29, 0.717) is 30.8 Å². The fraction of sp³-hybridized carbons (Fsp3) is 0.375. The number of carbonyl (C=O) groups is 2. The maximum absolute atomic E-state index is 12.6. The molecular weight excluding hydrogens is 294 g/mol. The standard InChI is InChI=1S/C16H19N5O2/c17-15(22)11-20-6-3-7-21(9-8-20)16(23)14-10-18-12-4-1-2-5-13(12)19-14/h1-2,4-5,10H,3,6-9,11H2,(H2,17,22). The molecule has 1 saturated heterocycles. The van der Waals surface area contributed by atoms with E-state index in [1.54, 1.807) is 4.90 Å². The summed E-state index contributed by atoms with van der Waals surface area (Å²) >= 11 is 0. The van der Waals surface area contributed by atoms with Gasteiger partial charge < -0.3 is 10.6 Å². The van der Waals surface area contributed by atoms with Crippen molar-refractivity contribution in [1.82, 2.24) is 19.8 Å². The number of hydrogen-bond acceptors (Lipinski definition) is 5. The Bertz CT molecular complexity index is 733. The van der Waals surface area contributed by atoms with Gasteiger partial charge in [0.1, 0.15) is 5.69 Å². The smallest absolute Gasteiger partial charge is 0.274 e. The van der Waals surface area contributed by atoms with Crippen molar-refractivity contribution < 1.29 is 9.59 Å². The van der Waals surface area contributed by atoms with Crippen molar-refractivity contribution in [2.24, 2.45) is 5.73 Å². The van der Waals surface area contributed by atoms with E-state index in [2.05, 4.69) is 9.97 Å². The second kappa shape index (κ2) is 6.70. The first-order valence-corrected chi connectivity index (χ1v) is 7.65. The Balaban J connectivity index is 1.72. The quantitative estimate of drug-likeness (QED) is 0.877. The van der Waals surface area contributed by atoms with E-state index in [0.717, 1.165) is 18.5 Å². The Morgan fingerprint density at radius 3 is 2.65 bits per heavy atom. The van der Waals surface area contributed by atoms with Crippen LogP contribution >= 0.6 is 0 Å². The second-order valence-electron chi connectivity index (χ2n) is 5.63. The third-order valence-corrected chi connectivity index (χ3v) is 3.92. The van der Waals surface area contributed by atoms with Gasteiger partial charge in [0.05, 0.1) is 23.8 Å². The normalized spacial score (nSPS) is 16.3. The van der Waals surface area contributed by atoms with Gasteiger partial charge in [0, 0.05) is 26.2 Å². The van der Waals surface area contributed by atoms with Gasteiger partial charge in [-0.25, -0.2) is 4.98 Å². The molecule has 0 saturated carbocycles. The first-order valence-electron chi connectivity index (χ1n) is 7.65. The van der Waals surface area contributed by atoms with Gasteiger partial charge in [-0.3, -0.25) is 19.5 Å². The van der Waals surface area contributed by atoms with Gasteiger partial charge in [-0.2, -0.15) is 0 Å². The van der Waals surface area contributed by atoms with Gasteiger partial charge >= 0.3 is 0 Å². The van der Waals surface area contributed by atoms with Crippen LogP contribution in [0.5, 0.6) is 0 Å². The Kier molecular flexibility index (Phi) is 4.47. The molecule has 1 fully saturated rings. The fourth-order valence-corrected chi connectivity index (χ4v) is 2.77. The molecule has 7 nitrogen and oxygen atoms in total. The van der Waals surface area contributed by atoms with Crippen LogP contribution < -0.4 is 5.73 Å². The minimum atomic E-state index is -0.342. The van der Waals surface area contributed by atoms with Crippen LogP contribution in [0.2, 0.25) is 0 Å². The zero-order valence-electron chi connectivity index (χ0n) is 12.8. The van der Waals surface area contributed by atoms with E-state index in [4.69, 9.17) is 5.73 Å². The number of carbonyl (C=O) groups excluding carboxylic acids is 2. The molecule has 0 atom stereocenters. The number of aromatic nitrogens is 2. The number of para-hydroxylation sites is 2. The van der Waals surface area contributed by atoms with Crippen LogP contribution in [-0.2, 0) is 4.79 Å². The summed E-state index contributed by atoms with van der Waals surface area (Å²) in [6, 6.07) is 7.47. The molecule has 3 rings (SSSR count). The average Bonchev–Trinajstić information content (AvgIpc) is 2.79. The van der Waals surface area contributed by atoms with Crippen molar-refractivity contribution >= 4 is 22.8 Å². The van der Waals surface area contributed by atoms with Crippen molar-refractivity contribution in [3.63, 3.8) is 0 Å². The average molecular weight is 313 g/mol. The number of benzene rings is 1. The summed E-state index contributed by atoms with van der Waals surface area (Å²) in [5, 5.41) is 0. The first kappa shape index (κ1) is 15.4. The Labute approximate surface area is 134 Å². The maximum atomic E-state index is 12.6. The summed E-state index contributed by atoms with van der Waals surface area (Å²) in [7, 11) is 0. The lowest BCUT2D eigenvalue weighted by Gasteiger charge is -2.20. The van der Waals surface area contributed by atoms with Crippen LogP contribution in [0.4, 0.5) is 0 Å². The zero-order chi connectivity index (χ0) is 16.2. The highest BCUT2D eigenvalue weighted by atomic mass is 16.2. The minimum Gasteiger partial charge on any atom is -0.369 e. The molecule has 2 heterocycles. The van der Waals surface area contributed by atoms with Gasteiger partial charge in [-0.1, -0.05) is 12.1 Å². The Hall–Kier alpha value is -2.54. The van der Waals surface area contributed by atoms with Crippen LogP contribution in [0, 0.1) is 0 Å². The number of hydrogen-bond donors (Lipinski definition) is 1. The molecule has 0 spiro atoms. The van der Waals surface area contributed by atoms with Crippen LogP contribution in [0.3, 0.4) is 0 Å². The highest BCUT2D eigenvalue weighted by Gasteiger charge is 2.22. The number of amides is 2. The molecule has 0 unspecified atom stereocenters. The molecule has 2 aromatic rings. The molecule has 2 amide bonds. The van der Waals surface area contributed by atoms with Crippen molar-refractivity contribution in [3.8, 4) is 0 Å². The largest absolute Gasteiger partial charge is 0.369 e. The van der Waals surface area contributed by atoms with E-state index < -0.39 is 0 Å². The monoisotopic (exact) mass is 313 g/mol. The molecule has 7 heteroatoms. The second-order valence-corrected chi connectivity index (χ2v) is 5.63. The highest BCUT2D eigenvalue weighted by molar-refractivity contribution is 5.93. The fourth-order valence-electron chi connectivity index (χ4n) is 2.77. The number of fused-ring (bicyclic) bond motifs is 1. The molecule has 1 aliphatic rings. The van der Waals surface area contributed by atoms with Crippen molar-refractivity contribution in [2.75, 3.05) is 32.7 Å². The lowest BCUT2D eigenvalue weighted by atomic mass is 10.2. The first-order chi connectivity index (χ1) is 11.1. The number of nitrogens with zero attached hydrogens (tertiary/aromatic N) is 4. The van der Waals surface area contributed by atoms with Gasteiger partial charge in [0.15, 0.2) is 0 Å². The van der Waals surface area contributed by atoms with E-state index in [1.807, 2.05) is 29.2 Å². The lowest BCUT2D eigenvalue weighted by Crippen LogP contribution is -2.38. The Morgan fingerprint density at radius 1 is 1.09 bits per heavy atom. The van der Waals surface area contributed by atoms with E-state index in [9.17, 15) is 9.59 Å². The van der Waals surface area contributed by atoms with Crippen molar-refractivity contribution in [1.29, 1.82) is 0 Å². The molecular formula is C16H19N5O2. The molecule has 0 aliphatic carbocycles. The zero-order valence-corrected chi connectivity index (χ0v) is 12.8. The third kappa shape index (κ3) is 3.62. The molecule has 1 aliphatic heterocycles. The molecule has 0 radical (unpaired) electrons. The summed E-state index contributed by atoms with van der Waals surface area (Å²) in [5.74, 6) is -0.464. The highest BCUT2D eigenvalue weighted by Crippen LogP contribution is 2.11.